The van der Waals surface area contributed by atoms with Crippen LogP contribution in [0.1, 0.15) is 40.0 Å². The highest BCUT2D eigenvalue weighted by Crippen LogP contribution is 2.56. The first-order valence-electron chi connectivity index (χ1n) is 8.54. The predicted molar refractivity (Wildman–Crippen MR) is 92.3 cm³/mol. The van der Waals surface area contributed by atoms with Crippen molar-refractivity contribution in [1.82, 2.24) is 0 Å². The van der Waals surface area contributed by atoms with Gasteiger partial charge in [-0.1, -0.05) is 0 Å². The van der Waals surface area contributed by atoms with E-state index in [4.69, 9.17) is 4.74 Å². The van der Waals surface area contributed by atoms with Gasteiger partial charge >= 0.3 is 5.97 Å². The van der Waals surface area contributed by atoms with Gasteiger partial charge < -0.3 is 14.7 Å². The molecule has 8 heteroatoms. The molecule has 0 unspecified atom stereocenters. The van der Waals surface area contributed by atoms with Crippen LogP contribution in [0.5, 0.6) is 0 Å². The summed E-state index contributed by atoms with van der Waals surface area (Å²) in [6.07, 6.45) is 0.882. The van der Waals surface area contributed by atoms with E-state index in [9.17, 15) is 24.4 Å². The number of nitro groups is 1. The number of nitro benzene ring substituents is 1. The molecule has 0 bridgehead atoms. The van der Waals surface area contributed by atoms with Crippen molar-refractivity contribution in [2.24, 2.45) is 5.41 Å². The molecule has 7 nitrogen and oxygen atoms in total. The Morgan fingerprint density at radius 2 is 2.00 bits per heavy atom. The highest BCUT2D eigenvalue weighted by atomic mass is 19.1. The summed E-state index contributed by atoms with van der Waals surface area (Å²) in [6, 6.07) is 3.61. The van der Waals surface area contributed by atoms with Crippen LogP contribution in [0.4, 0.5) is 15.8 Å². The Hall–Kier alpha value is -2.22. The highest BCUT2D eigenvalue weighted by molar-refractivity contribution is 5.71. The number of nitrogens with zero attached hydrogens (tertiary/aromatic N) is 2. The van der Waals surface area contributed by atoms with Crippen LogP contribution in [0.15, 0.2) is 18.2 Å². The van der Waals surface area contributed by atoms with Gasteiger partial charge in [-0.2, -0.15) is 0 Å². The standard InChI is InChI=1S/C18H23FN2O5/c1-16(2,3)26-15(22)7-18(23)8-17(9-18)10-20(11-17)14-5-4-12(21(24)25)6-13(14)19/h4-6,23H,7-11H2,1-3H3. The molecule has 1 aromatic carbocycles. The SMILES string of the molecule is CC(C)(C)OC(=O)CC1(O)CC2(CN(c3ccc([N+](=O)[O-])cc3F)C2)C1. The first-order chi connectivity index (χ1) is 11.9. The van der Waals surface area contributed by atoms with Crippen molar-refractivity contribution in [2.75, 3.05) is 18.0 Å². The van der Waals surface area contributed by atoms with Gasteiger partial charge in [0.2, 0.25) is 0 Å². The van der Waals surface area contributed by atoms with Gasteiger partial charge in [-0.15, -0.1) is 0 Å². The van der Waals surface area contributed by atoms with Crippen LogP contribution in [0.2, 0.25) is 0 Å². The molecule has 2 aliphatic rings. The van der Waals surface area contributed by atoms with E-state index in [2.05, 4.69) is 0 Å². The number of hydrogen-bond donors (Lipinski definition) is 1. The minimum absolute atomic E-state index is 0.0437. The van der Waals surface area contributed by atoms with Crippen LogP contribution in [-0.2, 0) is 9.53 Å². The average molecular weight is 366 g/mol. The van der Waals surface area contributed by atoms with E-state index in [0.717, 1.165) is 6.07 Å². The van der Waals surface area contributed by atoms with Crippen LogP contribution >= 0.6 is 0 Å². The summed E-state index contributed by atoms with van der Waals surface area (Å²) in [5.41, 5.74) is -1.75. The number of hydrogen-bond acceptors (Lipinski definition) is 6. The predicted octanol–water partition coefficient (Wildman–Crippen LogP) is 2.80. The maximum Gasteiger partial charge on any atom is 0.309 e. The van der Waals surface area contributed by atoms with Gasteiger partial charge in [0.1, 0.15) is 5.60 Å². The van der Waals surface area contributed by atoms with Gasteiger partial charge in [0.25, 0.3) is 5.69 Å². The lowest BCUT2D eigenvalue weighted by molar-refractivity contribution is -0.385. The number of non-ortho nitro benzene ring substituents is 1. The van der Waals surface area contributed by atoms with Gasteiger partial charge in [0, 0.05) is 24.6 Å². The molecule has 142 valence electrons. The fourth-order valence-electron chi connectivity index (χ4n) is 4.14. The topological polar surface area (TPSA) is 92.9 Å². The average Bonchev–Trinajstić information content (AvgIpc) is 2.39. The first-order valence-corrected chi connectivity index (χ1v) is 8.54. The Kier molecular flexibility index (Phi) is 4.22. The zero-order valence-electron chi connectivity index (χ0n) is 15.1. The Labute approximate surface area is 150 Å². The van der Waals surface area contributed by atoms with Crippen LogP contribution in [-0.4, -0.2) is 40.3 Å². The molecule has 1 N–H and O–H groups in total. The molecule has 1 saturated heterocycles. The van der Waals surface area contributed by atoms with E-state index in [1.165, 1.54) is 12.1 Å². The number of aliphatic hydroxyl groups is 1. The molecule has 1 aromatic rings. The molecule has 0 atom stereocenters. The third-order valence-electron chi connectivity index (χ3n) is 4.84. The second-order valence-corrected chi connectivity index (χ2v) is 8.59. The molecular weight excluding hydrogens is 343 g/mol. The molecule has 0 amide bonds. The number of carbonyl (C=O) groups is 1. The molecule has 2 fully saturated rings. The lowest BCUT2D eigenvalue weighted by Gasteiger charge is -2.63. The molecule has 26 heavy (non-hydrogen) atoms. The highest BCUT2D eigenvalue weighted by Gasteiger charge is 2.60. The molecule has 1 heterocycles. The van der Waals surface area contributed by atoms with Crippen LogP contribution < -0.4 is 4.90 Å². The van der Waals surface area contributed by atoms with Crippen molar-refractivity contribution < 1.29 is 24.0 Å². The third-order valence-corrected chi connectivity index (χ3v) is 4.84. The van der Waals surface area contributed by atoms with Gasteiger partial charge in [0.05, 0.1) is 28.7 Å². The van der Waals surface area contributed by atoms with Crippen LogP contribution in [0, 0.1) is 21.3 Å². The van der Waals surface area contributed by atoms with Crippen LogP contribution in [0.25, 0.3) is 0 Å². The van der Waals surface area contributed by atoms with Crippen molar-refractivity contribution in [3.63, 3.8) is 0 Å². The summed E-state index contributed by atoms with van der Waals surface area (Å²) >= 11 is 0. The maximum absolute atomic E-state index is 14.1. The fourth-order valence-corrected chi connectivity index (χ4v) is 4.14. The minimum atomic E-state index is -1.07. The largest absolute Gasteiger partial charge is 0.460 e. The third kappa shape index (κ3) is 3.65. The van der Waals surface area contributed by atoms with Gasteiger partial charge in [-0.25, -0.2) is 4.39 Å². The molecule has 1 spiro atoms. The van der Waals surface area contributed by atoms with Gasteiger partial charge in [-0.3, -0.25) is 14.9 Å². The Bertz CT molecular complexity index is 744. The quantitative estimate of drug-likeness (QED) is 0.500. The lowest BCUT2D eigenvalue weighted by atomic mass is 9.54. The van der Waals surface area contributed by atoms with E-state index in [1.807, 2.05) is 0 Å². The van der Waals surface area contributed by atoms with Crippen LogP contribution in [0.3, 0.4) is 0 Å². The molecule has 3 rings (SSSR count). The second kappa shape index (κ2) is 5.90. The van der Waals surface area contributed by atoms with Gasteiger partial charge in [-0.05, 0) is 39.7 Å². The first kappa shape index (κ1) is 18.6. The lowest BCUT2D eigenvalue weighted by Crippen LogP contribution is -2.68. The molecular formula is C18H23FN2O5. The summed E-state index contributed by atoms with van der Waals surface area (Å²) in [6.45, 7) is 6.44. The summed E-state index contributed by atoms with van der Waals surface area (Å²) in [7, 11) is 0. The molecule has 0 aromatic heterocycles. The summed E-state index contributed by atoms with van der Waals surface area (Å²) < 4.78 is 19.3. The number of esters is 1. The number of benzene rings is 1. The van der Waals surface area contributed by atoms with Gasteiger partial charge in [0.15, 0.2) is 5.82 Å². The summed E-state index contributed by atoms with van der Waals surface area (Å²) in [5.74, 6) is -1.05. The molecule has 1 aliphatic carbocycles. The normalized spacial score (nSPS) is 20.3. The number of ether oxygens (including phenoxy) is 1. The maximum atomic E-state index is 14.1. The monoisotopic (exact) mass is 366 g/mol. The van der Waals surface area contributed by atoms with E-state index < -0.39 is 27.9 Å². The van der Waals surface area contributed by atoms with E-state index in [0.29, 0.717) is 31.6 Å². The second-order valence-electron chi connectivity index (χ2n) is 8.59. The molecule has 0 radical (unpaired) electrons. The van der Waals surface area contributed by atoms with E-state index in [1.54, 1.807) is 25.7 Å². The summed E-state index contributed by atoms with van der Waals surface area (Å²) in [4.78, 5) is 23.8. The summed E-state index contributed by atoms with van der Waals surface area (Å²) in [5, 5.41) is 21.2. The zero-order valence-corrected chi connectivity index (χ0v) is 15.1. The fraction of sp³-hybridized carbons (Fsp3) is 0.611. The van der Waals surface area contributed by atoms with Crippen molar-refractivity contribution in [2.45, 2.75) is 51.2 Å². The number of carbonyl (C=O) groups excluding carboxylic acids is 1. The number of anilines is 1. The van der Waals surface area contributed by atoms with Crippen molar-refractivity contribution in [3.8, 4) is 0 Å². The smallest absolute Gasteiger partial charge is 0.309 e. The van der Waals surface area contributed by atoms with E-state index in [-0.39, 0.29) is 17.5 Å². The number of rotatable bonds is 4. The minimum Gasteiger partial charge on any atom is -0.460 e. The van der Waals surface area contributed by atoms with Crippen molar-refractivity contribution >= 4 is 17.3 Å². The molecule has 1 saturated carbocycles. The Balaban J connectivity index is 1.55. The van der Waals surface area contributed by atoms with E-state index >= 15 is 0 Å². The van der Waals surface area contributed by atoms with Crippen molar-refractivity contribution in [1.29, 1.82) is 0 Å². The Morgan fingerprint density at radius 3 is 2.50 bits per heavy atom. The van der Waals surface area contributed by atoms with Crippen molar-refractivity contribution in [3.05, 3.63) is 34.1 Å². The molecule has 1 aliphatic heterocycles. The zero-order chi connectivity index (χ0) is 19.3. The number of halogens is 1. The Morgan fingerprint density at radius 1 is 1.38 bits per heavy atom.